The Morgan fingerprint density at radius 1 is 1.11 bits per heavy atom. The number of hydrogen-bond acceptors (Lipinski definition) is 6. The molecule has 11 heteroatoms. The minimum absolute atomic E-state index is 0.240. The number of sulfonamides is 1. The molecule has 1 aromatic carbocycles. The van der Waals surface area contributed by atoms with E-state index < -0.39 is 10.0 Å². The molecule has 2 aliphatic rings. The smallest absolute Gasteiger partial charge is 0.211 e. The van der Waals surface area contributed by atoms with Gasteiger partial charge in [-0.15, -0.1) is 0 Å². The molecule has 1 atom stereocenters. The van der Waals surface area contributed by atoms with Crippen LogP contribution in [0.15, 0.2) is 24.4 Å². The highest BCUT2D eigenvalue weighted by Gasteiger charge is 2.34. The maximum atomic E-state index is 15.3. The van der Waals surface area contributed by atoms with Gasteiger partial charge in [0, 0.05) is 43.9 Å². The Hall–Kier alpha value is -2.40. The van der Waals surface area contributed by atoms with Crippen molar-refractivity contribution in [2.75, 3.05) is 32.4 Å². The van der Waals surface area contributed by atoms with E-state index in [0.717, 1.165) is 54.9 Å². The lowest BCUT2D eigenvalue weighted by Gasteiger charge is -2.36. The van der Waals surface area contributed by atoms with Crippen molar-refractivity contribution < 1.29 is 12.8 Å². The van der Waals surface area contributed by atoms with Crippen LogP contribution in [0.25, 0.3) is 0 Å². The zero-order valence-electron chi connectivity index (χ0n) is 22.0. The third-order valence-electron chi connectivity index (χ3n) is 7.84. The number of aromatic amines is 1. The molecule has 0 aliphatic carbocycles. The fourth-order valence-electron chi connectivity index (χ4n) is 5.78. The molecule has 0 radical (unpaired) electrons. The van der Waals surface area contributed by atoms with E-state index in [1.54, 1.807) is 16.6 Å². The standard InChI is InChI=1S/C27H34ClFN6O2S/c1-17-10-20(12-27-30-15-24(28)26(31-27)13-21-11-18(2)32-33-21)25(29)14-23(17)19-4-7-34(8-5-19)22-6-9-35(16-22)38(3,36)37/h10-11,14-15,19,22H,4-9,12-13,16H2,1-3H3,(H,32,33)/t22-/m0/s1. The first-order valence-corrected chi connectivity index (χ1v) is 15.3. The second kappa shape index (κ2) is 11.0. The fourth-order valence-corrected chi connectivity index (χ4v) is 6.82. The molecule has 4 heterocycles. The lowest BCUT2D eigenvalue weighted by Crippen LogP contribution is -2.43. The predicted octanol–water partition coefficient (Wildman–Crippen LogP) is 4.00. The normalized spacial score (nSPS) is 19.9. The second-order valence-corrected chi connectivity index (χ2v) is 13.0. The van der Waals surface area contributed by atoms with Gasteiger partial charge in [-0.2, -0.15) is 5.10 Å². The maximum Gasteiger partial charge on any atom is 0.211 e. The number of aromatic nitrogens is 4. The van der Waals surface area contributed by atoms with E-state index in [1.807, 2.05) is 26.0 Å². The predicted molar refractivity (Wildman–Crippen MR) is 145 cm³/mol. The topological polar surface area (TPSA) is 95.1 Å². The molecule has 204 valence electrons. The Balaban J connectivity index is 1.24. The van der Waals surface area contributed by atoms with Crippen LogP contribution in [-0.4, -0.2) is 76.3 Å². The number of nitrogens with one attached hydrogen (secondary N) is 1. The number of likely N-dealkylation sites (tertiary alicyclic amines) is 1. The van der Waals surface area contributed by atoms with Gasteiger partial charge in [0.2, 0.25) is 10.0 Å². The summed E-state index contributed by atoms with van der Waals surface area (Å²) in [5, 5.41) is 7.64. The quantitative estimate of drug-likeness (QED) is 0.469. The Bertz CT molecular complexity index is 1420. The molecule has 0 bridgehead atoms. The van der Waals surface area contributed by atoms with Crippen molar-refractivity contribution in [3.05, 3.63) is 74.8 Å². The fraction of sp³-hybridized carbons (Fsp3) is 0.519. The number of benzene rings is 1. The van der Waals surface area contributed by atoms with E-state index in [2.05, 4.69) is 25.1 Å². The Morgan fingerprint density at radius 2 is 1.87 bits per heavy atom. The van der Waals surface area contributed by atoms with Crippen LogP contribution < -0.4 is 0 Å². The summed E-state index contributed by atoms with van der Waals surface area (Å²) in [6.45, 7) is 6.93. The Kier molecular flexibility index (Phi) is 7.86. The summed E-state index contributed by atoms with van der Waals surface area (Å²) in [6.07, 6.45) is 6.36. The molecule has 0 unspecified atom stereocenters. The highest BCUT2D eigenvalue weighted by Crippen LogP contribution is 2.34. The molecular formula is C27H34ClFN6O2S. The first-order valence-electron chi connectivity index (χ1n) is 13.1. The van der Waals surface area contributed by atoms with Crippen molar-refractivity contribution in [1.29, 1.82) is 0 Å². The van der Waals surface area contributed by atoms with Crippen molar-refractivity contribution in [1.82, 2.24) is 29.4 Å². The average Bonchev–Trinajstić information content (AvgIpc) is 3.53. The van der Waals surface area contributed by atoms with Crippen molar-refractivity contribution in [2.45, 2.75) is 57.9 Å². The molecule has 0 saturated carbocycles. The van der Waals surface area contributed by atoms with Gasteiger partial charge in [0.15, 0.2) is 0 Å². The Labute approximate surface area is 228 Å². The van der Waals surface area contributed by atoms with Gasteiger partial charge >= 0.3 is 0 Å². The van der Waals surface area contributed by atoms with Gasteiger partial charge in [0.05, 0.1) is 22.7 Å². The van der Waals surface area contributed by atoms with Crippen LogP contribution in [0, 0.1) is 19.7 Å². The summed E-state index contributed by atoms with van der Waals surface area (Å²) >= 11 is 6.33. The molecule has 2 aromatic heterocycles. The molecule has 5 rings (SSSR count). The lowest BCUT2D eigenvalue weighted by molar-refractivity contribution is 0.157. The molecule has 2 saturated heterocycles. The Morgan fingerprint density at radius 3 is 2.53 bits per heavy atom. The average molecular weight is 561 g/mol. The van der Waals surface area contributed by atoms with Gasteiger partial charge in [-0.1, -0.05) is 17.7 Å². The number of halogens is 2. The molecule has 8 nitrogen and oxygen atoms in total. The van der Waals surface area contributed by atoms with Crippen LogP contribution >= 0.6 is 11.6 Å². The number of nitrogens with zero attached hydrogens (tertiary/aromatic N) is 5. The van der Waals surface area contributed by atoms with Crippen molar-refractivity contribution in [2.24, 2.45) is 0 Å². The first kappa shape index (κ1) is 27.2. The molecule has 3 aromatic rings. The minimum atomic E-state index is -3.14. The van der Waals surface area contributed by atoms with Gasteiger partial charge in [0.1, 0.15) is 11.6 Å². The summed E-state index contributed by atoms with van der Waals surface area (Å²) < 4.78 is 40.6. The van der Waals surface area contributed by atoms with Crippen LogP contribution in [0.4, 0.5) is 4.39 Å². The maximum absolute atomic E-state index is 15.3. The lowest BCUT2D eigenvalue weighted by atomic mass is 9.85. The molecular weight excluding hydrogens is 527 g/mol. The number of H-pyrrole nitrogens is 1. The van der Waals surface area contributed by atoms with E-state index >= 15 is 4.39 Å². The number of hydrogen-bond donors (Lipinski definition) is 1. The van der Waals surface area contributed by atoms with Gasteiger partial charge in [0.25, 0.3) is 0 Å². The van der Waals surface area contributed by atoms with E-state index in [4.69, 9.17) is 11.6 Å². The second-order valence-electron chi connectivity index (χ2n) is 10.7. The van der Waals surface area contributed by atoms with Crippen LogP contribution in [0.2, 0.25) is 5.02 Å². The van der Waals surface area contributed by atoms with Gasteiger partial charge in [-0.3, -0.25) is 10.00 Å². The van der Waals surface area contributed by atoms with Gasteiger partial charge in [-0.05, 0) is 80.9 Å². The highest BCUT2D eigenvalue weighted by molar-refractivity contribution is 7.88. The summed E-state index contributed by atoms with van der Waals surface area (Å²) in [5.41, 5.74) is 5.18. The van der Waals surface area contributed by atoms with Crippen LogP contribution in [0.5, 0.6) is 0 Å². The summed E-state index contributed by atoms with van der Waals surface area (Å²) in [6, 6.07) is 5.83. The van der Waals surface area contributed by atoms with Gasteiger partial charge in [-0.25, -0.2) is 27.1 Å². The first-order chi connectivity index (χ1) is 18.1. The van der Waals surface area contributed by atoms with Crippen molar-refractivity contribution in [3.63, 3.8) is 0 Å². The highest BCUT2D eigenvalue weighted by atomic mass is 35.5. The third kappa shape index (κ3) is 6.09. The third-order valence-corrected chi connectivity index (χ3v) is 9.42. The van der Waals surface area contributed by atoms with Crippen LogP contribution in [0.1, 0.15) is 64.8 Å². The monoisotopic (exact) mass is 560 g/mol. The summed E-state index contributed by atoms with van der Waals surface area (Å²) in [7, 11) is -3.14. The van der Waals surface area contributed by atoms with Gasteiger partial charge < -0.3 is 0 Å². The van der Waals surface area contributed by atoms with Crippen molar-refractivity contribution >= 4 is 21.6 Å². The number of piperidine rings is 1. The largest absolute Gasteiger partial charge is 0.299 e. The van der Waals surface area contributed by atoms with Crippen molar-refractivity contribution in [3.8, 4) is 0 Å². The molecule has 0 amide bonds. The molecule has 2 aliphatic heterocycles. The number of aryl methyl sites for hydroxylation is 2. The summed E-state index contributed by atoms with van der Waals surface area (Å²) in [5.74, 6) is 0.573. The van der Waals surface area contributed by atoms with Crippen LogP contribution in [0.3, 0.4) is 0 Å². The summed E-state index contributed by atoms with van der Waals surface area (Å²) in [4.78, 5) is 11.4. The zero-order valence-corrected chi connectivity index (χ0v) is 23.6. The molecule has 0 spiro atoms. The molecule has 2 fully saturated rings. The minimum Gasteiger partial charge on any atom is -0.299 e. The van der Waals surface area contributed by atoms with E-state index in [0.29, 0.717) is 41.6 Å². The van der Waals surface area contributed by atoms with Crippen LogP contribution in [-0.2, 0) is 22.9 Å². The zero-order chi connectivity index (χ0) is 27.0. The van der Waals surface area contributed by atoms with E-state index in [1.165, 1.54) is 6.26 Å². The molecule has 38 heavy (non-hydrogen) atoms. The molecule has 1 N–H and O–H groups in total. The SMILES string of the molecule is Cc1cc(Cc2nc(Cc3cc(C)c(C4CCN([C@H]5CCN(S(C)(=O)=O)C5)CC4)cc3F)ncc2Cl)n[nH]1. The number of rotatable bonds is 7. The van der Waals surface area contributed by atoms with E-state index in [9.17, 15) is 8.42 Å². The van der Waals surface area contributed by atoms with E-state index in [-0.39, 0.29) is 24.2 Å².